The van der Waals surface area contributed by atoms with Crippen molar-refractivity contribution in [1.82, 2.24) is 5.01 Å². The van der Waals surface area contributed by atoms with E-state index in [1.54, 1.807) is 0 Å². The maximum absolute atomic E-state index is 14.1. The highest BCUT2D eigenvalue weighted by Gasteiger charge is 2.49. The molecule has 0 fully saturated rings. The summed E-state index contributed by atoms with van der Waals surface area (Å²) >= 11 is 1.24. The van der Waals surface area contributed by atoms with Gasteiger partial charge in [0.2, 0.25) is 6.41 Å². The van der Waals surface area contributed by atoms with Crippen LogP contribution in [0.1, 0.15) is 17.5 Å². The summed E-state index contributed by atoms with van der Waals surface area (Å²) in [6.45, 7) is 0.406. The number of ether oxygens (including phenoxy) is 1. The van der Waals surface area contributed by atoms with Crippen LogP contribution in [-0.4, -0.2) is 23.1 Å². The predicted octanol–water partition coefficient (Wildman–Crippen LogP) is 3.47. The lowest BCUT2D eigenvalue weighted by Gasteiger charge is -2.37. The summed E-state index contributed by atoms with van der Waals surface area (Å²) in [6, 6.07) is 10.6. The molecule has 1 unspecified atom stereocenters. The van der Waals surface area contributed by atoms with Gasteiger partial charge in [-0.15, -0.1) is 0 Å². The molecule has 4 nitrogen and oxygen atoms in total. The molecule has 4 rings (SSSR count). The first kappa shape index (κ1) is 15.1. The molecule has 0 saturated carbocycles. The Morgan fingerprint density at radius 2 is 2.08 bits per heavy atom. The van der Waals surface area contributed by atoms with Crippen LogP contribution in [0.5, 0.6) is 5.75 Å². The molecule has 1 amide bonds. The fourth-order valence-corrected chi connectivity index (χ4v) is 4.33. The molecule has 2 heterocycles. The summed E-state index contributed by atoms with van der Waals surface area (Å²) in [5.74, 6) is -0.467. The van der Waals surface area contributed by atoms with Crippen LogP contribution >= 0.6 is 11.8 Å². The number of hydrazone groups is 1. The number of fused-ring (bicyclic) bond motifs is 2. The number of carbonyl (C=O) groups is 1. The van der Waals surface area contributed by atoms with Gasteiger partial charge in [-0.3, -0.25) is 4.79 Å². The zero-order valence-corrected chi connectivity index (χ0v) is 13.2. The molecule has 0 saturated heterocycles. The average molecular weight is 346 g/mol. The monoisotopic (exact) mass is 346 g/mol. The third-order valence-corrected chi connectivity index (χ3v) is 5.54. The van der Waals surface area contributed by atoms with Gasteiger partial charge >= 0.3 is 0 Å². The topological polar surface area (TPSA) is 41.9 Å². The standard InChI is InChI=1S/C17H12F2N2O2S/c18-11-5-6-14(19)12(9-11)16-20-21(10-22)17(24-16)7-8-23-15-4-2-1-3-13(15)17/h1-6,9-10H,7-8H2. The van der Waals surface area contributed by atoms with Crippen LogP contribution in [-0.2, 0) is 9.67 Å². The smallest absolute Gasteiger partial charge is 0.231 e. The number of para-hydroxylation sites is 1. The average Bonchev–Trinajstić information content (AvgIpc) is 2.96. The van der Waals surface area contributed by atoms with Gasteiger partial charge in [-0.05, 0) is 24.3 Å². The highest BCUT2D eigenvalue weighted by Crippen LogP contribution is 2.53. The van der Waals surface area contributed by atoms with E-state index < -0.39 is 16.5 Å². The molecule has 7 heteroatoms. The molecule has 2 aliphatic rings. The van der Waals surface area contributed by atoms with Crippen molar-refractivity contribution in [3.63, 3.8) is 0 Å². The summed E-state index contributed by atoms with van der Waals surface area (Å²) in [5, 5.41) is 5.79. The van der Waals surface area contributed by atoms with Gasteiger partial charge in [0.15, 0.2) is 0 Å². The molecule has 1 spiro atoms. The van der Waals surface area contributed by atoms with Gasteiger partial charge in [-0.25, -0.2) is 13.8 Å². The van der Waals surface area contributed by atoms with Gasteiger partial charge < -0.3 is 4.74 Å². The van der Waals surface area contributed by atoms with Crippen LogP contribution in [0.4, 0.5) is 8.78 Å². The maximum atomic E-state index is 14.1. The van der Waals surface area contributed by atoms with Gasteiger partial charge in [0.25, 0.3) is 0 Å². The largest absolute Gasteiger partial charge is 0.493 e. The maximum Gasteiger partial charge on any atom is 0.231 e. The van der Waals surface area contributed by atoms with E-state index in [4.69, 9.17) is 4.74 Å². The Morgan fingerprint density at radius 3 is 2.92 bits per heavy atom. The van der Waals surface area contributed by atoms with Crippen molar-refractivity contribution >= 4 is 23.2 Å². The van der Waals surface area contributed by atoms with Gasteiger partial charge in [-0.2, -0.15) is 5.10 Å². The van der Waals surface area contributed by atoms with E-state index in [0.29, 0.717) is 25.2 Å². The van der Waals surface area contributed by atoms with Crippen molar-refractivity contribution in [3.8, 4) is 5.75 Å². The normalized spacial score (nSPS) is 22.1. The molecule has 2 aromatic carbocycles. The lowest BCUT2D eigenvalue weighted by Crippen LogP contribution is -2.40. The Labute approximate surface area is 141 Å². The fourth-order valence-electron chi connectivity index (χ4n) is 2.98. The first-order chi connectivity index (χ1) is 11.6. The Balaban J connectivity index is 1.82. The number of carbonyl (C=O) groups excluding carboxylic acids is 1. The molecular formula is C17H12F2N2O2S. The second-order valence-corrected chi connectivity index (χ2v) is 6.73. The Kier molecular flexibility index (Phi) is 3.53. The summed E-state index contributed by atoms with van der Waals surface area (Å²) in [4.78, 5) is 10.8. The van der Waals surface area contributed by atoms with Crippen LogP contribution in [0.25, 0.3) is 0 Å². The molecule has 24 heavy (non-hydrogen) atoms. The highest BCUT2D eigenvalue weighted by atomic mass is 32.2. The van der Waals surface area contributed by atoms with Crippen LogP contribution < -0.4 is 4.74 Å². The quantitative estimate of drug-likeness (QED) is 0.782. The third-order valence-electron chi connectivity index (χ3n) is 4.10. The van der Waals surface area contributed by atoms with Gasteiger partial charge in [-0.1, -0.05) is 30.0 Å². The van der Waals surface area contributed by atoms with Crippen molar-refractivity contribution in [2.75, 3.05) is 6.61 Å². The number of hydrogen-bond donors (Lipinski definition) is 0. The minimum Gasteiger partial charge on any atom is -0.493 e. The van der Waals surface area contributed by atoms with Crippen LogP contribution in [0.2, 0.25) is 0 Å². The zero-order chi connectivity index (χ0) is 16.7. The molecule has 122 valence electrons. The number of hydrogen-bond acceptors (Lipinski definition) is 4. The van der Waals surface area contributed by atoms with E-state index >= 15 is 0 Å². The minimum absolute atomic E-state index is 0.0488. The van der Waals surface area contributed by atoms with E-state index in [0.717, 1.165) is 23.8 Å². The molecule has 2 aliphatic heterocycles. The fraction of sp³-hybridized carbons (Fsp3) is 0.176. The molecule has 0 radical (unpaired) electrons. The van der Waals surface area contributed by atoms with Crippen molar-refractivity contribution < 1.29 is 18.3 Å². The number of thioether (sulfide) groups is 1. The van der Waals surface area contributed by atoms with E-state index in [1.165, 1.54) is 16.8 Å². The number of benzene rings is 2. The first-order valence-electron chi connectivity index (χ1n) is 7.34. The second kappa shape index (κ2) is 5.59. The summed E-state index contributed by atoms with van der Waals surface area (Å²) in [5.41, 5.74) is 0.844. The molecule has 0 aliphatic carbocycles. The highest BCUT2D eigenvalue weighted by molar-refractivity contribution is 8.15. The predicted molar refractivity (Wildman–Crippen MR) is 86.6 cm³/mol. The van der Waals surface area contributed by atoms with Crippen molar-refractivity contribution in [1.29, 1.82) is 0 Å². The first-order valence-corrected chi connectivity index (χ1v) is 8.16. The molecule has 0 aromatic heterocycles. The number of rotatable bonds is 2. The third kappa shape index (κ3) is 2.19. The number of halogens is 2. The number of nitrogens with zero attached hydrogens (tertiary/aromatic N) is 2. The lowest BCUT2D eigenvalue weighted by atomic mass is 9.99. The van der Waals surface area contributed by atoms with Crippen molar-refractivity contribution in [2.24, 2.45) is 5.10 Å². The molecule has 0 N–H and O–H groups in total. The van der Waals surface area contributed by atoms with Crippen molar-refractivity contribution in [3.05, 3.63) is 65.2 Å². The van der Waals surface area contributed by atoms with E-state index in [1.807, 2.05) is 24.3 Å². The molecule has 1 atom stereocenters. The van der Waals surface area contributed by atoms with Crippen LogP contribution in [0, 0.1) is 11.6 Å². The van der Waals surface area contributed by atoms with E-state index in [2.05, 4.69) is 5.10 Å². The molecular weight excluding hydrogens is 334 g/mol. The zero-order valence-electron chi connectivity index (χ0n) is 12.4. The molecule has 0 bridgehead atoms. The van der Waals surface area contributed by atoms with Gasteiger partial charge in [0.1, 0.15) is 27.3 Å². The van der Waals surface area contributed by atoms with Gasteiger partial charge in [0.05, 0.1) is 6.61 Å². The Bertz CT molecular complexity index is 858. The Morgan fingerprint density at radius 1 is 1.25 bits per heavy atom. The lowest BCUT2D eigenvalue weighted by molar-refractivity contribution is -0.121. The van der Waals surface area contributed by atoms with Crippen LogP contribution in [0.3, 0.4) is 0 Å². The second-order valence-electron chi connectivity index (χ2n) is 5.46. The van der Waals surface area contributed by atoms with E-state index in [9.17, 15) is 13.6 Å². The minimum atomic E-state index is -0.801. The van der Waals surface area contributed by atoms with E-state index in [-0.39, 0.29) is 10.6 Å². The van der Waals surface area contributed by atoms with Gasteiger partial charge in [0, 0.05) is 17.5 Å². The summed E-state index contributed by atoms with van der Waals surface area (Å²) in [7, 11) is 0. The summed E-state index contributed by atoms with van der Waals surface area (Å²) < 4.78 is 33.3. The molecule has 2 aromatic rings. The Hall–Kier alpha value is -2.41. The summed E-state index contributed by atoms with van der Waals surface area (Å²) in [6.07, 6.45) is 1.11. The van der Waals surface area contributed by atoms with Crippen molar-refractivity contribution in [2.45, 2.75) is 11.3 Å². The van der Waals surface area contributed by atoms with Crippen LogP contribution in [0.15, 0.2) is 47.6 Å². The number of amides is 1. The SMILES string of the molecule is O=CN1N=C(c2cc(F)ccc2F)SC12CCOc1ccccc12.